The Kier molecular flexibility index (Phi) is 8.63. The highest BCUT2D eigenvalue weighted by atomic mass is 32.2. The summed E-state index contributed by atoms with van der Waals surface area (Å²) in [4.78, 5) is 13.7. The molecular weight excluding hydrogens is 468 g/mol. The maximum atomic E-state index is 13.1. The molecule has 3 aromatic rings. The lowest BCUT2D eigenvalue weighted by atomic mass is 10.1. The van der Waals surface area contributed by atoms with E-state index in [2.05, 4.69) is 5.32 Å². The lowest BCUT2D eigenvalue weighted by Gasteiger charge is -2.23. The summed E-state index contributed by atoms with van der Waals surface area (Å²) < 4.78 is 33.1. The third-order valence-electron chi connectivity index (χ3n) is 5.38. The van der Waals surface area contributed by atoms with E-state index in [0.717, 1.165) is 11.1 Å². The van der Waals surface area contributed by atoms with E-state index in [1.165, 1.54) is 9.20 Å². The number of nitrogens with one attached hydrogen (secondary N) is 1. The van der Waals surface area contributed by atoms with Gasteiger partial charge in [0.2, 0.25) is 0 Å². The highest BCUT2D eigenvalue weighted by molar-refractivity contribution is 7.98. The molecule has 6 nitrogen and oxygen atoms in total. The van der Waals surface area contributed by atoms with Gasteiger partial charge in [0.25, 0.3) is 15.9 Å². The van der Waals surface area contributed by atoms with Crippen molar-refractivity contribution in [3.05, 3.63) is 83.9 Å². The zero-order valence-electron chi connectivity index (χ0n) is 19.8. The quantitative estimate of drug-likeness (QED) is 0.390. The maximum absolute atomic E-state index is 13.1. The first-order valence-corrected chi connectivity index (χ1v) is 13.7. The average molecular weight is 499 g/mol. The Bertz CT molecular complexity index is 1190. The number of anilines is 1. The van der Waals surface area contributed by atoms with Gasteiger partial charge in [0.05, 0.1) is 16.6 Å². The van der Waals surface area contributed by atoms with Crippen LogP contribution in [0, 0.1) is 6.92 Å². The number of carbonyl (C=O) groups excluding carboxylic acids is 1. The Morgan fingerprint density at radius 2 is 1.62 bits per heavy atom. The number of amides is 1. The number of rotatable bonds is 10. The van der Waals surface area contributed by atoms with E-state index in [1.807, 2.05) is 44.4 Å². The standard InChI is InChI=1S/C26H30N2O4S2/c1-5-28(34(30,31)25-16-6-19(2)7-17-25)22-10-12-23(13-11-22)32-18-26(29)27-20(3)21-8-14-24(33-4)15-9-21/h6-17,20H,5,18H2,1-4H3,(H,27,29)/t20-/m1/s1. The second-order valence-corrected chi connectivity index (χ2v) is 10.6. The van der Waals surface area contributed by atoms with Gasteiger partial charge in [-0.15, -0.1) is 11.8 Å². The largest absolute Gasteiger partial charge is 0.484 e. The van der Waals surface area contributed by atoms with E-state index in [9.17, 15) is 13.2 Å². The fourth-order valence-corrected chi connectivity index (χ4v) is 5.33. The first kappa shape index (κ1) is 25.6. The Morgan fingerprint density at radius 1 is 1.00 bits per heavy atom. The Balaban J connectivity index is 1.60. The van der Waals surface area contributed by atoms with Crippen molar-refractivity contribution in [1.82, 2.24) is 5.32 Å². The van der Waals surface area contributed by atoms with Crippen LogP contribution in [0.1, 0.15) is 31.0 Å². The molecule has 180 valence electrons. The van der Waals surface area contributed by atoms with Crippen molar-refractivity contribution in [1.29, 1.82) is 0 Å². The van der Waals surface area contributed by atoms with Crippen LogP contribution in [0.4, 0.5) is 5.69 Å². The SMILES string of the molecule is CCN(c1ccc(OCC(=O)N[C@H](C)c2ccc(SC)cc2)cc1)S(=O)(=O)c1ccc(C)cc1. The number of ether oxygens (including phenoxy) is 1. The molecule has 0 saturated carbocycles. The lowest BCUT2D eigenvalue weighted by molar-refractivity contribution is -0.123. The number of nitrogens with zero attached hydrogens (tertiary/aromatic N) is 1. The third kappa shape index (κ3) is 6.33. The van der Waals surface area contributed by atoms with Crippen molar-refractivity contribution in [3.63, 3.8) is 0 Å². The fraction of sp³-hybridized carbons (Fsp3) is 0.269. The van der Waals surface area contributed by atoms with Crippen molar-refractivity contribution in [3.8, 4) is 5.75 Å². The molecule has 1 amide bonds. The summed E-state index contributed by atoms with van der Waals surface area (Å²) in [6, 6.07) is 21.4. The molecule has 1 atom stereocenters. The molecule has 0 aliphatic heterocycles. The molecule has 0 bridgehead atoms. The number of carbonyl (C=O) groups is 1. The predicted molar refractivity (Wildman–Crippen MR) is 138 cm³/mol. The topological polar surface area (TPSA) is 75.7 Å². The van der Waals surface area contributed by atoms with Gasteiger partial charge in [-0.3, -0.25) is 9.10 Å². The fourth-order valence-electron chi connectivity index (χ4n) is 3.45. The number of benzene rings is 3. The Labute approximate surface area is 206 Å². The third-order valence-corrected chi connectivity index (χ3v) is 8.04. The van der Waals surface area contributed by atoms with Crippen LogP contribution < -0.4 is 14.4 Å². The van der Waals surface area contributed by atoms with Crippen LogP contribution in [0.5, 0.6) is 5.75 Å². The van der Waals surface area contributed by atoms with Gasteiger partial charge in [0.15, 0.2) is 6.61 Å². The summed E-state index contributed by atoms with van der Waals surface area (Å²) in [6.07, 6.45) is 2.02. The molecule has 8 heteroatoms. The monoisotopic (exact) mass is 498 g/mol. The summed E-state index contributed by atoms with van der Waals surface area (Å²) >= 11 is 1.67. The summed E-state index contributed by atoms with van der Waals surface area (Å²) in [5, 5.41) is 2.93. The van der Waals surface area contributed by atoms with Crippen LogP contribution in [0.25, 0.3) is 0 Å². The zero-order valence-corrected chi connectivity index (χ0v) is 21.4. The molecule has 0 spiro atoms. The molecule has 0 fully saturated rings. The first-order valence-electron chi connectivity index (χ1n) is 11.0. The van der Waals surface area contributed by atoms with Crippen LogP contribution in [-0.2, 0) is 14.8 Å². The smallest absolute Gasteiger partial charge is 0.264 e. The molecule has 0 saturated heterocycles. The number of hydrogen-bond donors (Lipinski definition) is 1. The minimum atomic E-state index is -3.68. The van der Waals surface area contributed by atoms with E-state index in [1.54, 1.807) is 67.2 Å². The predicted octanol–water partition coefficient (Wildman–Crippen LogP) is 5.19. The van der Waals surface area contributed by atoms with E-state index >= 15 is 0 Å². The van der Waals surface area contributed by atoms with E-state index in [4.69, 9.17) is 4.74 Å². The van der Waals surface area contributed by atoms with E-state index < -0.39 is 10.0 Å². The summed E-state index contributed by atoms with van der Waals surface area (Å²) in [5.41, 5.74) is 2.54. The van der Waals surface area contributed by atoms with E-state index in [0.29, 0.717) is 11.4 Å². The molecule has 3 aromatic carbocycles. The molecule has 0 aromatic heterocycles. The molecule has 34 heavy (non-hydrogen) atoms. The van der Waals surface area contributed by atoms with Crippen LogP contribution >= 0.6 is 11.8 Å². The minimum Gasteiger partial charge on any atom is -0.484 e. The number of thioether (sulfide) groups is 1. The van der Waals surface area contributed by atoms with Gasteiger partial charge < -0.3 is 10.1 Å². The van der Waals surface area contributed by atoms with Crippen molar-refractivity contribution in [2.45, 2.75) is 36.6 Å². The first-order chi connectivity index (χ1) is 16.2. The molecule has 3 rings (SSSR count). The molecule has 0 heterocycles. The van der Waals surface area contributed by atoms with Crippen LogP contribution in [-0.4, -0.2) is 33.7 Å². The minimum absolute atomic E-state index is 0.133. The molecule has 0 unspecified atom stereocenters. The second-order valence-electron chi connectivity index (χ2n) is 7.83. The lowest BCUT2D eigenvalue weighted by Crippen LogP contribution is -2.31. The molecule has 0 aliphatic carbocycles. The van der Waals surface area contributed by atoms with Gasteiger partial charge in [-0.1, -0.05) is 29.8 Å². The highest BCUT2D eigenvalue weighted by Gasteiger charge is 2.23. The molecular formula is C26H30N2O4S2. The number of aryl methyl sites for hydroxylation is 1. The van der Waals surface area contributed by atoms with Crippen LogP contribution in [0.2, 0.25) is 0 Å². The van der Waals surface area contributed by atoms with Gasteiger partial charge in [0.1, 0.15) is 5.75 Å². The van der Waals surface area contributed by atoms with Crippen LogP contribution in [0.3, 0.4) is 0 Å². The summed E-state index contributed by atoms with van der Waals surface area (Å²) in [7, 11) is -3.68. The number of hydrogen-bond acceptors (Lipinski definition) is 5. The molecule has 0 aliphatic rings. The van der Waals surface area contributed by atoms with Gasteiger partial charge in [-0.05, 0) is 81.1 Å². The van der Waals surface area contributed by atoms with E-state index in [-0.39, 0.29) is 30.0 Å². The summed E-state index contributed by atoms with van der Waals surface area (Å²) in [6.45, 7) is 5.78. The normalized spacial score (nSPS) is 12.1. The van der Waals surface area contributed by atoms with Gasteiger partial charge in [0, 0.05) is 11.4 Å². The van der Waals surface area contributed by atoms with Crippen molar-refractivity contribution >= 4 is 33.4 Å². The molecule has 0 radical (unpaired) electrons. The van der Waals surface area contributed by atoms with Gasteiger partial charge >= 0.3 is 0 Å². The second kappa shape index (κ2) is 11.4. The van der Waals surface area contributed by atoms with Crippen molar-refractivity contribution in [2.24, 2.45) is 0 Å². The maximum Gasteiger partial charge on any atom is 0.264 e. The number of sulfonamides is 1. The average Bonchev–Trinajstić information content (AvgIpc) is 2.84. The highest BCUT2D eigenvalue weighted by Crippen LogP contribution is 2.26. The van der Waals surface area contributed by atoms with Crippen LogP contribution in [0.15, 0.2) is 82.6 Å². The Hall–Kier alpha value is -2.97. The van der Waals surface area contributed by atoms with Crippen molar-refractivity contribution in [2.75, 3.05) is 23.7 Å². The zero-order chi connectivity index (χ0) is 24.7. The molecule has 1 N–H and O–H groups in total. The Morgan fingerprint density at radius 3 is 2.18 bits per heavy atom. The van der Waals surface area contributed by atoms with Gasteiger partial charge in [-0.2, -0.15) is 0 Å². The summed E-state index contributed by atoms with van der Waals surface area (Å²) in [5.74, 6) is 0.252. The van der Waals surface area contributed by atoms with Gasteiger partial charge in [-0.25, -0.2) is 8.42 Å². The van der Waals surface area contributed by atoms with Crippen molar-refractivity contribution < 1.29 is 17.9 Å².